The van der Waals surface area contributed by atoms with Gasteiger partial charge in [-0.2, -0.15) is 0 Å². The van der Waals surface area contributed by atoms with Gasteiger partial charge in [-0.3, -0.25) is 4.90 Å². The van der Waals surface area contributed by atoms with E-state index in [4.69, 9.17) is 10.5 Å². The van der Waals surface area contributed by atoms with Crippen molar-refractivity contribution in [3.8, 4) is 0 Å². The Morgan fingerprint density at radius 2 is 1.86 bits per heavy atom. The minimum atomic E-state index is 0.192. The Morgan fingerprint density at radius 1 is 1.24 bits per heavy atom. The number of nitrogens with two attached hydrogens (primary N) is 1. The number of nitrogens with zero attached hydrogens (tertiary/aromatic N) is 1. The summed E-state index contributed by atoms with van der Waals surface area (Å²) in [6, 6.07) is 9.66. The molecule has 3 heteroatoms. The Kier molecular flexibility index (Phi) is 5.07. The van der Waals surface area contributed by atoms with Crippen LogP contribution in [0.4, 0.5) is 0 Å². The van der Waals surface area contributed by atoms with Gasteiger partial charge < -0.3 is 10.5 Å². The van der Waals surface area contributed by atoms with Gasteiger partial charge in [-0.15, -0.1) is 0 Å². The second-order valence-electron chi connectivity index (χ2n) is 7.31. The van der Waals surface area contributed by atoms with Crippen LogP contribution in [0.25, 0.3) is 0 Å². The van der Waals surface area contributed by atoms with Crippen molar-refractivity contribution in [2.24, 2.45) is 5.73 Å². The highest BCUT2D eigenvalue weighted by Gasteiger charge is 2.30. The van der Waals surface area contributed by atoms with E-state index in [9.17, 15) is 0 Å². The van der Waals surface area contributed by atoms with Gasteiger partial charge in [0.2, 0.25) is 0 Å². The number of benzene rings is 1. The molecule has 0 radical (unpaired) electrons. The number of ether oxygens (including phenoxy) is 1. The first-order valence-electron chi connectivity index (χ1n) is 8.00. The Labute approximate surface area is 129 Å². The van der Waals surface area contributed by atoms with Crippen LogP contribution >= 0.6 is 0 Å². The van der Waals surface area contributed by atoms with Gasteiger partial charge in [0.25, 0.3) is 0 Å². The van der Waals surface area contributed by atoms with Crippen LogP contribution in [0.2, 0.25) is 0 Å². The van der Waals surface area contributed by atoms with Crippen LogP contribution in [-0.4, -0.2) is 36.7 Å². The monoisotopic (exact) mass is 290 g/mol. The standard InChI is InChI=1S/C18H30N2O/c1-13-12-21-14(2)11-20(13)17(10-19)15-6-8-16(9-7-15)18(3,4)5/h6-9,13-14,17H,10-12,19H2,1-5H3. The van der Waals surface area contributed by atoms with E-state index < -0.39 is 0 Å². The minimum Gasteiger partial charge on any atom is -0.376 e. The molecular formula is C18H30N2O. The molecule has 0 aliphatic carbocycles. The number of hydrogen-bond acceptors (Lipinski definition) is 3. The molecule has 2 rings (SSSR count). The predicted molar refractivity (Wildman–Crippen MR) is 88.5 cm³/mol. The van der Waals surface area contributed by atoms with Crippen LogP contribution in [0.1, 0.15) is 51.8 Å². The lowest BCUT2D eigenvalue weighted by molar-refractivity contribution is -0.0653. The molecule has 1 fully saturated rings. The third-order valence-electron chi connectivity index (χ3n) is 4.44. The third kappa shape index (κ3) is 3.85. The quantitative estimate of drug-likeness (QED) is 0.929. The molecule has 3 nitrogen and oxygen atoms in total. The molecule has 1 aromatic carbocycles. The van der Waals surface area contributed by atoms with Crippen LogP contribution in [0.15, 0.2) is 24.3 Å². The largest absolute Gasteiger partial charge is 0.376 e. The molecule has 1 saturated heterocycles. The van der Waals surface area contributed by atoms with Gasteiger partial charge in [-0.1, -0.05) is 45.0 Å². The maximum atomic E-state index is 6.08. The maximum absolute atomic E-state index is 6.08. The molecule has 3 atom stereocenters. The summed E-state index contributed by atoms with van der Waals surface area (Å²) in [5.41, 5.74) is 8.95. The summed E-state index contributed by atoms with van der Waals surface area (Å²) >= 11 is 0. The highest BCUT2D eigenvalue weighted by atomic mass is 16.5. The normalized spacial score (nSPS) is 25.8. The zero-order valence-corrected chi connectivity index (χ0v) is 14.1. The molecular weight excluding hydrogens is 260 g/mol. The fourth-order valence-electron chi connectivity index (χ4n) is 3.03. The smallest absolute Gasteiger partial charge is 0.0675 e. The van der Waals surface area contributed by atoms with Gasteiger partial charge in [0, 0.05) is 25.2 Å². The highest BCUT2D eigenvalue weighted by molar-refractivity contribution is 5.29. The molecule has 0 amide bonds. The van der Waals surface area contributed by atoms with Gasteiger partial charge in [0.1, 0.15) is 0 Å². The summed E-state index contributed by atoms with van der Waals surface area (Å²) in [4.78, 5) is 2.49. The lowest BCUT2D eigenvalue weighted by Crippen LogP contribution is -2.50. The van der Waals surface area contributed by atoms with Crippen molar-refractivity contribution in [2.45, 2.75) is 58.2 Å². The first-order valence-corrected chi connectivity index (χ1v) is 8.00. The molecule has 1 aromatic rings. The van der Waals surface area contributed by atoms with Gasteiger partial charge in [-0.25, -0.2) is 0 Å². The zero-order valence-electron chi connectivity index (χ0n) is 14.1. The van der Waals surface area contributed by atoms with E-state index in [1.54, 1.807) is 0 Å². The van der Waals surface area contributed by atoms with E-state index >= 15 is 0 Å². The van der Waals surface area contributed by atoms with Gasteiger partial charge in [0.05, 0.1) is 12.7 Å². The SMILES string of the molecule is CC1CN(C(CN)c2ccc(C(C)(C)C)cc2)C(C)CO1. The van der Waals surface area contributed by atoms with E-state index in [2.05, 4.69) is 63.8 Å². The summed E-state index contributed by atoms with van der Waals surface area (Å²) in [5.74, 6) is 0. The minimum absolute atomic E-state index is 0.192. The Bertz CT molecular complexity index is 449. The van der Waals surface area contributed by atoms with Crippen molar-refractivity contribution >= 4 is 0 Å². The first kappa shape index (κ1) is 16.5. The fraction of sp³-hybridized carbons (Fsp3) is 0.667. The Morgan fingerprint density at radius 3 is 2.38 bits per heavy atom. The van der Waals surface area contributed by atoms with Crippen molar-refractivity contribution in [3.63, 3.8) is 0 Å². The molecule has 1 heterocycles. The summed E-state index contributed by atoms with van der Waals surface area (Å²) in [6.07, 6.45) is 0.282. The van der Waals surface area contributed by atoms with Crippen LogP contribution < -0.4 is 5.73 Å². The molecule has 1 aliphatic heterocycles. The topological polar surface area (TPSA) is 38.5 Å². The molecule has 0 spiro atoms. The van der Waals surface area contributed by atoms with Crippen LogP contribution in [-0.2, 0) is 10.2 Å². The average molecular weight is 290 g/mol. The summed E-state index contributed by atoms with van der Waals surface area (Å²) in [6.45, 7) is 13.5. The Balaban J connectivity index is 2.20. The van der Waals surface area contributed by atoms with Crippen molar-refractivity contribution in [3.05, 3.63) is 35.4 Å². The van der Waals surface area contributed by atoms with E-state index in [1.165, 1.54) is 11.1 Å². The van der Waals surface area contributed by atoms with Crippen molar-refractivity contribution in [1.29, 1.82) is 0 Å². The fourth-order valence-corrected chi connectivity index (χ4v) is 3.03. The van der Waals surface area contributed by atoms with E-state index in [0.717, 1.165) is 13.2 Å². The summed E-state index contributed by atoms with van der Waals surface area (Å²) < 4.78 is 5.73. The van der Waals surface area contributed by atoms with Gasteiger partial charge >= 0.3 is 0 Å². The number of morpholine rings is 1. The molecule has 0 aromatic heterocycles. The lowest BCUT2D eigenvalue weighted by atomic mass is 9.86. The Hall–Kier alpha value is -0.900. The van der Waals surface area contributed by atoms with Crippen LogP contribution in [0.3, 0.4) is 0 Å². The van der Waals surface area contributed by atoms with Crippen molar-refractivity contribution in [1.82, 2.24) is 4.90 Å². The molecule has 2 N–H and O–H groups in total. The number of rotatable bonds is 3. The molecule has 1 aliphatic rings. The second kappa shape index (κ2) is 6.47. The van der Waals surface area contributed by atoms with Crippen molar-refractivity contribution in [2.75, 3.05) is 19.7 Å². The molecule has 3 unspecified atom stereocenters. The van der Waals surface area contributed by atoms with Gasteiger partial charge in [-0.05, 0) is 30.4 Å². The molecule has 0 bridgehead atoms. The molecule has 118 valence electrons. The second-order valence-corrected chi connectivity index (χ2v) is 7.31. The summed E-state index contributed by atoms with van der Waals surface area (Å²) in [7, 11) is 0. The van der Waals surface area contributed by atoms with Crippen LogP contribution in [0, 0.1) is 0 Å². The first-order chi connectivity index (χ1) is 9.82. The highest BCUT2D eigenvalue weighted by Crippen LogP contribution is 2.28. The number of hydrogen-bond donors (Lipinski definition) is 1. The van der Waals surface area contributed by atoms with Crippen LogP contribution in [0.5, 0.6) is 0 Å². The van der Waals surface area contributed by atoms with Crippen molar-refractivity contribution < 1.29 is 4.74 Å². The van der Waals surface area contributed by atoms with E-state index in [-0.39, 0.29) is 17.6 Å². The average Bonchev–Trinajstić information content (AvgIpc) is 2.43. The third-order valence-corrected chi connectivity index (χ3v) is 4.44. The predicted octanol–water partition coefficient (Wildman–Crippen LogP) is 3.09. The van der Waals surface area contributed by atoms with Gasteiger partial charge in [0.15, 0.2) is 0 Å². The lowest BCUT2D eigenvalue weighted by Gasteiger charge is -2.41. The molecule has 21 heavy (non-hydrogen) atoms. The maximum Gasteiger partial charge on any atom is 0.0675 e. The summed E-state index contributed by atoms with van der Waals surface area (Å²) in [5, 5.41) is 0. The van der Waals surface area contributed by atoms with E-state index in [1.807, 2.05) is 0 Å². The van der Waals surface area contributed by atoms with E-state index in [0.29, 0.717) is 12.6 Å². The molecule has 0 saturated carbocycles. The zero-order chi connectivity index (χ0) is 15.6.